The van der Waals surface area contributed by atoms with Crippen molar-refractivity contribution in [2.75, 3.05) is 40.0 Å². The quantitative estimate of drug-likeness (QED) is 0.772. The summed E-state index contributed by atoms with van der Waals surface area (Å²) in [7, 11) is 1.61. The van der Waals surface area contributed by atoms with Crippen LogP contribution in [0.15, 0.2) is 28.8 Å². The second-order valence-corrected chi connectivity index (χ2v) is 7.33. The van der Waals surface area contributed by atoms with Crippen molar-refractivity contribution in [3.63, 3.8) is 0 Å². The van der Waals surface area contributed by atoms with Crippen LogP contribution in [0.25, 0.3) is 11.4 Å². The molecule has 0 aliphatic carbocycles. The van der Waals surface area contributed by atoms with Crippen molar-refractivity contribution in [3.8, 4) is 17.1 Å². The van der Waals surface area contributed by atoms with E-state index in [0.717, 1.165) is 31.8 Å². The first kappa shape index (κ1) is 18.9. The Kier molecular flexibility index (Phi) is 5.59. The number of ether oxygens (including phenoxy) is 2. The van der Waals surface area contributed by atoms with Gasteiger partial charge in [0.05, 0.1) is 31.9 Å². The molecule has 2 aliphatic rings. The van der Waals surface area contributed by atoms with Crippen LogP contribution >= 0.6 is 0 Å². The minimum atomic E-state index is 0.120. The molecule has 0 N–H and O–H groups in total. The third kappa shape index (κ3) is 3.88. The van der Waals surface area contributed by atoms with Crippen LogP contribution in [0, 0.1) is 0 Å². The van der Waals surface area contributed by atoms with E-state index in [0.29, 0.717) is 49.0 Å². The smallest absolute Gasteiger partial charge is 0.227 e. The molecule has 0 spiro atoms. The van der Waals surface area contributed by atoms with Gasteiger partial charge >= 0.3 is 0 Å². The summed E-state index contributed by atoms with van der Waals surface area (Å²) in [6.07, 6.45) is 0.787. The number of benzene rings is 1. The molecule has 28 heavy (non-hydrogen) atoms. The van der Waals surface area contributed by atoms with Crippen molar-refractivity contribution in [3.05, 3.63) is 30.2 Å². The molecule has 0 radical (unpaired) electrons. The number of hydrogen-bond acceptors (Lipinski definition) is 7. The van der Waals surface area contributed by atoms with Gasteiger partial charge in [0.25, 0.3) is 0 Å². The molecule has 8 nitrogen and oxygen atoms in total. The van der Waals surface area contributed by atoms with Gasteiger partial charge in [0.2, 0.25) is 17.6 Å². The monoisotopic (exact) mass is 386 g/mol. The lowest BCUT2D eigenvalue weighted by molar-refractivity contribution is -0.139. The van der Waals surface area contributed by atoms with Gasteiger partial charge in [-0.25, -0.2) is 0 Å². The number of rotatable bonds is 5. The average Bonchev–Trinajstić information content (AvgIpc) is 3.20. The maximum atomic E-state index is 12.7. The van der Waals surface area contributed by atoms with Crippen molar-refractivity contribution in [1.29, 1.82) is 0 Å². The first-order valence-electron chi connectivity index (χ1n) is 9.73. The van der Waals surface area contributed by atoms with Crippen molar-refractivity contribution in [1.82, 2.24) is 19.9 Å². The molecule has 150 valence electrons. The molecule has 1 aromatic carbocycles. The number of carbonyl (C=O) groups excluding carboxylic acids is 1. The van der Waals surface area contributed by atoms with Gasteiger partial charge in [-0.05, 0) is 19.1 Å². The number of piperazine rings is 1. The highest BCUT2D eigenvalue weighted by molar-refractivity contribution is 5.76. The van der Waals surface area contributed by atoms with E-state index >= 15 is 0 Å². The maximum Gasteiger partial charge on any atom is 0.227 e. The van der Waals surface area contributed by atoms with Crippen LogP contribution in [0.2, 0.25) is 0 Å². The molecular formula is C20H26N4O4. The Balaban J connectivity index is 1.34. The molecule has 2 aliphatic heterocycles. The number of methoxy groups -OCH3 is 1. The van der Waals surface area contributed by atoms with Crippen molar-refractivity contribution >= 4 is 5.91 Å². The number of nitrogens with zero attached hydrogens (tertiary/aromatic N) is 4. The second kappa shape index (κ2) is 8.28. The molecule has 8 heteroatoms. The van der Waals surface area contributed by atoms with Gasteiger partial charge in [0.15, 0.2) is 0 Å². The number of aromatic nitrogens is 2. The number of morpholine rings is 1. The van der Waals surface area contributed by atoms with Crippen LogP contribution in [-0.4, -0.2) is 77.9 Å². The molecular weight excluding hydrogens is 360 g/mol. The van der Waals surface area contributed by atoms with Crippen molar-refractivity contribution in [2.45, 2.75) is 31.8 Å². The first-order valence-corrected chi connectivity index (χ1v) is 9.73. The van der Waals surface area contributed by atoms with Crippen LogP contribution in [0.5, 0.6) is 5.75 Å². The summed E-state index contributed by atoms with van der Waals surface area (Å²) in [5.74, 6) is 1.74. The van der Waals surface area contributed by atoms with E-state index in [-0.39, 0.29) is 5.91 Å². The maximum absolute atomic E-state index is 12.7. The van der Waals surface area contributed by atoms with Gasteiger partial charge in [0.1, 0.15) is 5.75 Å². The molecule has 4 rings (SSSR count). The summed E-state index contributed by atoms with van der Waals surface area (Å²) in [4.78, 5) is 21.5. The Morgan fingerprint density at radius 3 is 3.00 bits per heavy atom. The summed E-state index contributed by atoms with van der Waals surface area (Å²) >= 11 is 0. The predicted molar refractivity (Wildman–Crippen MR) is 102 cm³/mol. The van der Waals surface area contributed by atoms with E-state index in [1.54, 1.807) is 7.11 Å². The summed E-state index contributed by atoms with van der Waals surface area (Å²) in [5, 5.41) is 4.03. The Labute approximate surface area is 164 Å². The zero-order valence-corrected chi connectivity index (χ0v) is 16.3. The van der Waals surface area contributed by atoms with Crippen LogP contribution in [-0.2, 0) is 16.0 Å². The first-order chi connectivity index (χ1) is 13.7. The summed E-state index contributed by atoms with van der Waals surface area (Å²) in [6, 6.07) is 8.23. The molecule has 2 aromatic rings. The summed E-state index contributed by atoms with van der Waals surface area (Å²) < 4.78 is 16.3. The van der Waals surface area contributed by atoms with Gasteiger partial charge in [0, 0.05) is 38.5 Å². The molecule has 0 unspecified atom stereocenters. The Morgan fingerprint density at radius 1 is 1.29 bits per heavy atom. The largest absolute Gasteiger partial charge is 0.496 e. The molecule has 3 heterocycles. The van der Waals surface area contributed by atoms with E-state index < -0.39 is 0 Å². The van der Waals surface area contributed by atoms with E-state index in [2.05, 4.69) is 22.0 Å². The fourth-order valence-electron chi connectivity index (χ4n) is 3.96. The fraction of sp³-hybridized carbons (Fsp3) is 0.550. The summed E-state index contributed by atoms with van der Waals surface area (Å²) in [5.41, 5.74) is 0.772. The highest BCUT2D eigenvalue weighted by Crippen LogP contribution is 2.27. The van der Waals surface area contributed by atoms with Crippen LogP contribution in [0.3, 0.4) is 0 Å². The number of amides is 1. The Bertz CT molecular complexity index is 824. The molecule has 2 atom stereocenters. The Morgan fingerprint density at radius 2 is 2.14 bits per heavy atom. The number of para-hydroxylation sites is 1. The minimum absolute atomic E-state index is 0.120. The number of hydrogen-bond donors (Lipinski definition) is 0. The van der Waals surface area contributed by atoms with E-state index in [1.807, 2.05) is 29.2 Å². The van der Waals surface area contributed by atoms with E-state index in [1.165, 1.54) is 0 Å². The molecule has 1 aromatic heterocycles. The van der Waals surface area contributed by atoms with Gasteiger partial charge in [-0.2, -0.15) is 4.98 Å². The predicted octanol–water partition coefficient (Wildman–Crippen LogP) is 1.61. The Hall–Kier alpha value is -2.45. The molecule has 1 amide bonds. The number of aryl methyl sites for hydroxylation is 1. The normalized spacial score (nSPS) is 22.7. The third-order valence-electron chi connectivity index (χ3n) is 5.49. The van der Waals surface area contributed by atoms with E-state index in [9.17, 15) is 4.79 Å². The van der Waals surface area contributed by atoms with E-state index in [4.69, 9.17) is 14.0 Å². The average molecular weight is 386 g/mol. The number of carbonyl (C=O) groups is 1. The van der Waals surface area contributed by atoms with Crippen LogP contribution in [0.1, 0.15) is 19.2 Å². The zero-order valence-electron chi connectivity index (χ0n) is 16.3. The minimum Gasteiger partial charge on any atom is -0.496 e. The van der Waals surface area contributed by atoms with Gasteiger partial charge < -0.3 is 18.9 Å². The lowest BCUT2D eigenvalue weighted by atomic mass is 10.1. The molecule has 2 fully saturated rings. The topological polar surface area (TPSA) is 80.9 Å². The SMILES string of the molecule is COc1ccccc1-c1noc(CCC(=O)N2CCN3[C@@H](COC[C@@H]3C)C2)n1. The third-order valence-corrected chi connectivity index (χ3v) is 5.49. The highest BCUT2D eigenvalue weighted by Gasteiger charge is 2.35. The highest BCUT2D eigenvalue weighted by atomic mass is 16.5. The molecule has 2 saturated heterocycles. The van der Waals surface area contributed by atoms with Crippen molar-refractivity contribution < 1.29 is 18.8 Å². The zero-order chi connectivity index (χ0) is 19.5. The lowest BCUT2D eigenvalue weighted by Gasteiger charge is -2.47. The van der Waals surface area contributed by atoms with Gasteiger partial charge in [-0.3, -0.25) is 9.69 Å². The fourth-order valence-corrected chi connectivity index (χ4v) is 3.96. The van der Waals surface area contributed by atoms with Gasteiger partial charge in [-0.15, -0.1) is 0 Å². The van der Waals surface area contributed by atoms with Crippen LogP contribution < -0.4 is 4.74 Å². The van der Waals surface area contributed by atoms with Crippen molar-refractivity contribution in [2.24, 2.45) is 0 Å². The lowest BCUT2D eigenvalue weighted by Crippen LogP contribution is -2.62. The standard InChI is InChI=1S/C20H26N4O4/c1-14-12-27-13-15-11-23(9-10-24(14)15)19(25)8-7-18-21-20(22-28-18)16-5-3-4-6-17(16)26-2/h3-6,14-15H,7-13H2,1-2H3/t14-,15+/m0/s1. The molecule has 0 saturated carbocycles. The van der Waals surface area contributed by atoms with Crippen LogP contribution in [0.4, 0.5) is 0 Å². The molecule has 0 bridgehead atoms. The van der Waals surface area contributed by atoms with Gasteiger partial charge in [-0.1, -0.05) is 17.3 Å². The summed E-state index contributed by atoms with van der Waals surface area (Å²) in [6.45, 7) is 6.03. The number of fused-ring (bicyclic) bond motifs is 1. The second-order valence-electron chi connectivity index (χ2n) is 7.33.